The number of aromatic nitrogens is 2. The summed E-state index contributed by atoms with van der Waals surface area (Å²) in [5.41, 5.74) is 3.21. The quantitative estimate of drug-likeness (QED) is 0.863. The van der Waals surface area contributed by atoms with Crippen LogP contribution in [0, 0.1) is 6.92 Å². The standard InChI is InChI=1S/C15H18N2O/c1-11-6-2-5-9-14(11)17-15(18)10-13(16-17)12-7-3-4-8-12/h2,5-6,9-10,12,16H,3-4,7-8H2,1H3. The third-order valence-corrected chi connectivity index (χ3v) is 3.89. The van der Waals surface area contributed by atoms with E-state index in [9.17, 15) is 4.79 Å². The number of benzene rings is 1. The zero-order valence-electron chi connectivity index (χ0n) is 10.6. The van der Waals surface area contributed by atoms with Crippen molar-refractivity contribution in [1.29, 1.82) is 0 Å². The Morgan fingerprint density at radius 2 is 1.94 bits per heavy atom. The van der Waals surface area contributed by atoms with Crippen LogP contribution in [-0.4, -0.2) is 9.78 Å². The first kappa shape index (κ1) is 11.3. The van der Waals surface area contributed by atoms with Crippen LogP contribution in [0.3, 0.4) is 0 Å². The molecule has 18 heavy (non-hydrogen) atoms. The van der Waals surface area contributed by atoms with Gasteiger partial charge in [0, 0.05) is 17.7 Å². The van der Waals surface area contributed by atoms with E-state index in [-0.39, 0.29) is 5.56 Å². The molecule has 1 aliphatic carbocycles. The van der Waals surface area contributed by atoms with E-state index >= 15 is 0 Å². The van der Waals surface area contributed by atoms with Gasteiger partial charge in [0.1, 0.15) is 0 Å². The normalized spacial score (nSPS) is 16.3. The lowest BCUT2D eigenvalue weighted by Crippen LogP contribution is -2.14. The van der Waals surface area contributed by atoms with Gasteiger partial charge in [0.15, 0.2) is 0 Å². The van der Waals surface area contributed by atoms with E-state index in [0.717, 1.165) is 16.9 Å². The molecule has 1 fully saturated rings. The molecular weight excluding hydrogens is 224 g/mol. The fourth-order valence-electron chi connectivity index (χ4n) is 2.85. The molecule has 0 atom stereocenters. The molecule has 1 aromatic carbocycles. The molecule has 3 rings (SSSR count). The Hall–Kier alpha value is -1.77. The molecule has 1 saturated carbocycles. The highest BCUT2D eigenvalue weighted by molar-refractivity contribution is 5.39. The van der Waals surface area contributed by atoms with Gasteiger partial charge in [-0.05, 0) is 31.4 Å². The molecule has 1 aliphatic rings. The van der Waals surface area contributed by atoms with E-state index in [1.54, 1.807) is 10.7 Å². The van der Waals surface area contributed by atoms with Crippen LogP contribution in [0.5, 0.6) is 0 Å². The lowest BCUT2D eigenvalue weighted by atomic mass is 10.1. The molecule has 0 aliphatic heterocycles. The van der Waals surface area contributed by atoms with Crippen LogP contribution in [0.15, 0.2) is 35.1 Å². The summed E-state index contributed by atoms with van der Waals surface area (Å²) in [6.45, 7) is 2.03. The van der Waals surface area contributed by atoms with Crippen LogP contribution >= 0.6 is 0 Å². The van der Waals surface area contributed by atoms with Gasteiger partial charge in [-0.2, -0.15) is 0 Å². The smallest absolute Gasteiger partial charge is 0.271 e. The van der Waals surface area contributed by atoms with Crippen molar-refractivity contribution in [2.24, 2.45) is 0 Å². The van der Waals surface area contributed by atoms with Gasteiger partial charge in [0.25, 0.3) is 5.56 Å². The Morgan fingerprint density at radius 1 is 1.22 bits per heavy atom. The van der Waals surface area contributed by atoms with E-state index in [1.165, 1.54) is 25.7 Å². The average Bonchev–Trinajstić information content (AvgIpc) is 2.99. The molecule has 0 unspecified atom stereocenters. The topological polar surface area (TPSA) is 37.8 Å². The molecule has 2 aromatic rings. The van der Waals surface area contributed by atoms with Crippen molar-refractivity contribution in [1.82, 2.24) is 9.78 Å². The molecule has 1 aromatic heterocycles. The second kappa shape index (κ2) is 4.48. The Labute approximate surface area is 106 Å². The van der Waals surface area contributed by atoms with E-state index in [2.05, 4.69) is 5.10 Å². The Bertz CT molecular complexity index is 603. The van der Waals surface area contributed by atoms with Crippen LogP contribution in [0.4, 0.5) is 0 Å². The third kappa shape index (κ3) is 1.90. The summed E-state index contributed by atoms with van der Waals surface area (Å²) in [7, 11) is 0. The van der Waals surface area contributed by atoms with Crippen molar-refractivity contribution in [3.05, 3.63) is 51.9 Å². The second-order valence-corrected chi connectivity index (χ2v) is 5.15. The van der Waals surface area contributed by atoms with Gasteiger partial charge in [0.2, 0.25) is 0 Å². The van der Waals surface area contributed by atoms with Gasteiger partial charge in [-0.1, -0.05) is 31.0 Å². The predicted octanol–water partition coefficient (Wildman–Crippen LogP) is 3.13. The van der Waals surface area contributed by atoms with Gasteiger partial charge in [-0.15, -0.1) is 0 Å². The first-order valence-electron chi connectivity index (χ1n) is 6.63. The maximum atomic E-state index is 12.1. The second-order valence-electron chi connectivity index (χ2n) is 5.15. The minimum Gasteiger partial charge on any atom is -0.295 e. The summed E-state index contributed by atoms with van der Waals surface area (Å²) in [5.74, 6) is 0.544. The number of nitrogens with one attached hydrogen (secondary N) is 1. The van der Waals surface area contributed by atoms with Crippen LogP contribution < -0.4 is 5.56 Å². The number of aromatic amines is 1. The zero-order chi connectivity index (χ0) is 12.5. The highest BCUT2D eigenvalue weighted by atomic mass is 16.1. The number of hydrogen-bond acceptors (Lipinski definition) is 1. The largest absolute Gasteiger partial charge is 0.295 e. The molecule has 94 valence electrons. The average molecular weight is 242 g/mol. The number of H-pyrrole nitrogens is 1. The monoisotopic (exact) mass is 242 g/mol. The SMILES string of the molecule is Cc1ccccc1-n1[nH]c(C2CCCC2)cc1=O. The van der Waals surface area contributed by atoms with Crippen molar-refractivity contribution in [3.63, 3.8) is 0 Å². The van der Waals surface area contributed by atoms with Crippen molar-refractivity contribution in [2.75, 3.05) is 0 Å². The van der Waals surface area contributed by atoms with Crippen LogP contribution in [0.1, 0.15) is 42.9 Å². The van der Waals surface area contributed by atoms with E-state index in [0.29, 0.717) is 5.92 Å². The molecule has 3 heteroatoms. The van der Waals surface area contributed by atoms with Gasteiger partial charge < -0.3 is 0 Å². The number of rotatable bonds is 2. The maximum Gasteiger partial charge on any atom is 0.271 e. The molecule has 0 amide bonds. The Kier molecular flexibility index (Phi) is 2.82. The first-order valence-corrected chi connectivity index (χ1v) is 6.63. The fraction of sp³-hybridized carbons (Fsp3) is 0.400. The molecule has 0 spiro atoms. The number of para-hydroxylation sites is 1. The highest BCUT2D eigenvalue weighted by Crippen LogP contribution is 2.32. The van der Waals surface area contributed by atoms with Crippen LogP contribution in [0.2, 0.25) is 0 Å². The van der Waals surface area contributed by atoms with Crippen molar-refractivity contribution >= 4 is 0 Å². The Balaban J connectivity index is 2.03. The maximum absolute atomic E-state index is 12.1. The fourth-order valence-corrected chi connectivity index (χ4v) is 2.85. The van der Waals surface area contributed by atoms with E-state index in [1.807, 2.05) is 31.2 Å². The summed E-state index contributed by atoms with van der Waals surface area (Å²) in [4.78, 5) is 12.1. The number of hydrogen-bond donors (Lipinski definition) is 1. The summed E-state index contributed by atoms with van der Waals surface area (Å²) in [6.07, 6.45) is 4.96. The van der Waals surface area contributed by atoms with Gasteiger partial charge in [-0.25, -0.2) is 4.68 Å². The van der Waals surface area contributed by atoms with Crippen molar-refractivity contribution in [2.45, 2.75) is 38.5 Å². The summed E-state index contributed by atoms with van der Waals surface area (Å²) >= 11 is 0. The summed E-state index contributed by atoms with van der Waals surface area (Å²) in [6, 6.07) is 9.72. The minimum absolute atomic E-state index is 0.0474. The first-order chi connectivity index (χ1) is 8.75. The van der Waals surface area contributed by atoms with E-state index in [4.69, 9.17) is 0 Å². The molecule has 0 bridgehead atoms. The van der Waals surface area contributed by atoms with Gasteiger partial charge >= 0.3 is 0 Å². The number of aryl methyl sites for hydroxylation is 1. The molecule has 0 saturated heterocycles. The van der Waals surface area contributed by atoms with Crippen LogP contribution in [0.25, 0.3) is 5.69 Å². The lowest BCUT2D eigenvalue weighted by molar-refractivity contribution is 0.676. The van der Waals surface area contributed by atoms with Crippen LogP contribution in [-0.2, 0) is 0 Å². The molecular formula is C15H18N2O. The predicted molar refractivity (Wildman–Crippen MR) is 72.3 cm³/mol. The molecule has 1 heterocycles. The zero-order valence-corrected chi connectivity index (χ0v) is 10.6. The van der Waals surface area contributed by atoms with E-state index < -0.39 is 0 Å². The lowest BCUT2D eigenvalue weighted by Gasteiger charge is -2.08. The third-order valence-electron chi connectivity index (χ3n) is 3.89. The van der Waals surface area contributed by atoms with Crippen molar-refractivity contribution < 1.29 is 0 Å². The molecule has 3 nitrogen and oxygen atoms in total. The minimum atomic E-state index is 0.0474. The van der Waals surface area contributed by atoms with Crippen molar-refractivity contribution in [3.8, 4) is 5.69 Å². The summed E-state index contributed by atoms with van der Waals surface area (Å²) < 4.78 is 1.67. The highest BCUT2D eigenvalue weighted by Gasteiger charge is 2.20. The van der Waals surface area contributed by atoms with Gasteiger partial charge in [0.05, 0.1) is 5.69 Å². The number of nitrogens with zero attached hydrogens (tertiary/aromatic N) is 1. The summed E-state index contributed by atoms with van der Waals surface area (Å²) in [5, 5.41) is 3.28. The van der Waals surface area contributed by atoms with Gasteiger partial charge in [-0.3, -0.25) is 9.89 Å². The molecule has 0 radical (unpaired) electrons. The Morgan fingerprint density at radius 3 is 2.67 bits per heavy atom. The molecule has 1 N–H and O–H groups in total.